The maximum absolute atomic E-state index is 6.23. The average Bonchev–Trinajstić information content (AvgIpc) is 2.62. The van der Waals surface area contributed by atoms with Gasteiger partial charge in [-0.3, -0.25) is 0 Å². The van der Waals surface area contributed by atoms with Gasteiger partial charge in [0.1, 0.15) is 17.4 Å². The summed E-state index contributed by atoms with van der Waals surface area (Å²) in [6, 6.07) is 0. The topological polar surface area (TPSA) is 58.0 Å². The molecule has 7 heteroatoms. The van der Waals surface area contributed by atoms with Gasteiger partial charge in [0, 0.05) is 26.2 Å². The molecule has 4 rings (SSSR count). The first-order valence-electron chi connectivity index (χ1n) is 8.51. The summed E-state index contributed by atoms with van der Waals surface area (Å²) in [5.74, 6) is 1.76. The van der Waals surface area contributed by atoms with Crippen LogP contribution in [0.4, 0.5) is 11.6 Å². The van der Waals surface area contributed by atoms with E-state index in [1.807, 2.05) is 0 Å². The summed E-state index contributed by atoms with van der Waals surface area (Å²) in [5.41, 5.74) is 1.61. The van der Waals surface area contributed by atoms with E-state index in [0.29, 0.717) is 0 Å². The number of anilines is 2. The monoisotopic (exact) mass is 332 g/mol. The summed E-state index contributed by atoms with van der Waals surface area (Å²) < 4.78 is 0. The Balaban J connectivity index is 1.81. The lowest BCUT2D eigenvalue weighted by Gasteiger charge is -2.30. The van der Waals surface area contributed by atoms with Crippen LogP contribution in [0, 0.1) is 0 Å². The van der Waals surface area contributed by atoms with Crippen molar-refractivity contribution in [3.8, 4) is 0 Å². The Hall–Kier alpha value is -1.69. The van der Waals surface area contributed by atoms with Crippen molar-refractivity contribution in [1.29, 1.82) is 0 Å². The van der Waals surface area contributed by atoms with Crippen LogP contribution in [0.3, 0.4) is 0 Å². The summed E-state index contributed by atoms with van der Waals surface area (Å²) in [6.45, 7) is 4.05. The minimum atomic E-state index is 0.283. The molecule has 2 aliphatic rings. The zero-order valence-corrected chi connectivity index (χ0v) is 14.0. The number of hydrogen-bond donors (Lipinski definition) is 0. The first-order valence-corrected chi connectivity index (χ1v) is 8.89. The summed E-state index contributed by atoms with van der Waals surface area (Å²) in [6.07, 6.45) is 8.97. The Kier molecular flexibility index (Phi) is 4.16. The van der Waals surface area contributed by atoms with Gasteiger partial charge in [-0.1, -0.05) is 0 Å². The summed E-state index contributed by atoms with van der Waals surface area (Å²) in [7, 11) is 0. The molecule has 6 nitrogen and oxygen atoms in total. The van der Waals surface area contributed by atoms with E-state index < -0.39 is 0 Å². The van der Waals surface area contributed by atoms with E-state index in [-0.39, 0.29) is 5.28 Å². The average molecular weight is 333 g/mol. The van der Waals surface area contributed by atoms with Crippen LogP contribution >= 0.6 is 11.6 Å². The molecule has 0 spiro atoms. The van der Waals surface area contributed by atoms with Crippen molar-refractivity contribution in [3.05, 3.63) is 11.6 Å². The van der Waals surface area contributed by atoms with E-state index >= 15 is 0 Å². The summed E-state index contributed by atoms with van der Waals surface area (Å²) in [4.78, 5) is 22.5. The van der Waals surface area contributed by atoms with Crippen LogP contribution in [0.15, 0.2) is 6.33 Å². The molecule has 2 aliphatic heterocycles. The molecule has 0 aliphatic carbocycles. The molecular formula is C16H21ClN6. The number of rotatable bonds is 2. The second kappa shape index (κ2) is 6.43. The van der Waals surface area contributed by atoms with E-state index in [1.54, 1.807) is 6.33 Å². The smallest absolute Gasteiger partial charge is 0.225 e. The molecule has 0 bridgehead atoms. The molecule has 4 heterocycles. The molecule has 2 saturated heterocycles. The second-order valence-corrected chi connectivity index (χ2v) is 6.64. The van der Waals surface area contributed by atoms with Crippen LogP contribution in [-0.2, 0) is 0 Å². The van der Waals surface area contributed by atoms with Crippen LogP contribution in [-0.4, -0.2) is 46.1 Å². The molecule has 2 fully saturated rings. The molecule has 2 aromatic rings. The van der Waals surface area contributed by atoms with Gasteiger partial charge in [0.25, 0.3) is 0 Å². The molecule has 0 saturated carbocycles. The van der Waals surface area contributed by atoms with Crippen LogP contribution in [0.1, 0.15) is 38.5 Å². The first kappa shape index (κ1) is 14.9. The maximum atomic E-state index is 6.23. The van der Waals surface area contributed by atoms with Crippen molar-refractivity contribution >= 4 is 34.3 Å². The van der Waals surface area contributed by atoms with Gasteiger partial charge in [0.15, 0.2) is 11.6 Å². The normalized spacial score (nSPS) is 19.3. The van der Waals surface area contributed by atoms with Crippen molar-refractivity contribution < 1.29 is 0 Å². The van der Waals surface area contributed by atoms with Gasteiger partial charge in [0.2, 0.25) is 5.28 Å². The highest BCUT2D eigenvalue weighted by Gasteiger charge is 2.22. The predicted octanol–water partition coefficient (Wildman–Crippen LogP) is 3.05. The van der Waals surface area contributed by atoms with E-state index in [4.69, 9.17) is 11.6 Å². The Labute approximate surface area is 140 Å². The van der Waals surface area contributed by atoms with Crippen molar-refractivity contribution in [2.24, 2.45) is 0 Å². The molecule has 0 amide bonds. The molecule has 0 unspecified atom stereocenters. The maximum Gasteiger partial charge on any atom is 0.225 e. The van der Waals surface area contributed by atoms with Crippen LogP contribution in [0.5, 0.6) is 0 Å². The molecule has 0 aromatic carbocycles. The Morgan fingerprint density at radius 1 is 0.696 bits per heavy atom. The molecule has 0 radical (unpaired) electrons. The fourth-order valence-electron chi connectivity index (χ4n) is 3.56. The Morgan fingerprint density at radius 2 is 1.30 bits per heavy atom. The van der Waals surface area contributed by atoms with E-state index in [0.717, 1.165) is 48.8 Å². The second-order valence-electron chi connectivity index (χ2n) is 6.31. The lowest BCUT2D eigenvalue weighted by molar-refractivity contribution is 0.572. The Morgan fingerprint density at radius 3 is 1.96 bits per heavy atom. The minimum absolute atomic E-state index is 0.283. The van der Waals surface area contributed by atoms with Gasteiger partial charge in [-0.15, -0.1) is 0 Å². The van der Waals surface area contributed by atoms with Crippen molar-refractivity contribution in [3.63, 3.8) is 0 Å². The number of fused-ring (bicyclic) bond motifs is 1. The molecule has 23 heavy (non-hydrogen) atoms. The zero-order valence-electron chi connectivity index (χ0n) is 13.2. The fourth-order valence-corrected chi connectivity index (χ4v) is 3.72. The van der Waals surface area contributed by atoms with Gasteiger partial charge in [-0.25, -0.2) is 15.0 Å². The molecule has 0 N–H and O–H groups in total. The van der Waals surface area contributed by atoms with E-state index in [9.17, 15) is 0 Å². The molecular weight excluding hydrogens is 312 g/mol. The molecule has 0 atom stereocenters. The lowest BCUT2D eigenvalue weighted by Crippen LogP contribution is -2.32. The zero-order chi connectivity index (χ0) is 15.6. The number of aromatic nitrogens is 4. The van der Waals surface area contributed by atoms with Crippen LogP contribution in [0.25, 0.3) is 11.0 Å². The highest BCUT2D eigenvalue weighted by molar-refractivity contribution is 6.29. The van der Waals surface area contributed by atoms with Gasteiger partial charge >= 0.3 is 0 Å². The highest BCUT2D eigenvalue weighted by Crippen LogP contribution is 2.31. The third-order valence-corrected chi connectivity index (χ3v) is 4.90. The van der Waals surface area contributed by atoms with E-state index in [1.165, 1.54) is 38.5 Å². The lowest BCUT2D eigenvalue weighted by atomic mass is 10.1. The van der Waals surface area contributed by atoms with Crippen molar-refractivity contribution in [2.75, 3.05) is 36.0 Å². The molecule has 2 aromatic heterocycles. The molecule has 122 valence electrons. The number of nitrogens with zero attached hydrogens (tertiary/aromatic N) is 6. The largest absolute Gasteiger partial charge is 0.355 e. The SMILES string of the molecule is Clc1nc(N2CCCCC2)c2ncnc(N3CCCCC3)c2n1. The van der Waals surface area contributed by atoms with Gasteiger partial charge < -0.3 is 9.80 Å². The fraction of sp³-hybridized carbons (Fsp3) is 0.625. The van der Waals surface area contributed by atoms with Crippen LogP contribution in [0.2, 0.25) is 5.28 Å². The standard InChI is InChI=1S/C16H21ClN6/c17-16-20-13-12(15(21-16)23-9-5-2-6-10-23)18-11-19-14(13)22-7-3-1-4-8-22/h11H,1-10H2. The third kappa shape index (κ3) is 2.92. The van der Waals surface area contributed by atoms with Crippen molar-refractivity contribution in [2.45, 2.75) is 38.5 Å². The highest BCUT2D eigenvalue weighted by atomic mass is 35.5. The van der Waals surface area contributed by atoms with E-state index in [2.05, 4.69) is 29.7 Å². The quantitative estimate of drug-likeness (QED) is 0.788. The minimum Gasteiger partial charge on any atom is -0.355 e. The third-order valence-electron chi connectivity index (χ3n) is 4.73. The Bertz CT molecular complexity index is 694. The van der Waals surface area contributed by atoms with Gasteiger partial charge in [-0.05, 0) is 50.1 Å². The van der Waals surface area contributed by atoms with Crippen molar-refractivity contribution in [1.82, 2.24) is 19.9 Å². The summed E-state index contributed by atoms with van der Waals surface area (Å²) >= 11 is 6.23. The number of halogens is 1. The number of piperidine rings is 2. The predicted molar refractivity (Wildman–Crippen MR) is 92.3 cm³/mol. The van der Waals surface area contributed by atoms with Crippen LogP contribution < -0.4 is 9.80 Å². The van der Waals surface area contributed by atoms with Gasteiger partial charge in [-0.2, -0.15) is 4.98 Å². The first-order chi connectivity index (χ1) is 11.3. The summed E-state index contributed by atoms with van der Waals surface area (Å²) in [5, 5.41) is 0.283. The number of hydrogen-bond acceptors (Lipinski definition) is 6. The van der Waals surface area contributed by atoms with Gasteiger partial charge in [0.05, 0.1) is 0 Å².